The van der Waals surface area contributed by atoms with Crippen LogP contribution in [-0.2, 0) is 14.8 Å². The number of piperidine rings is 1. The van der Waals surface area contributed by atoms with E-state index in [9.17, 15) is 17.6 Å². The number of aromatic nitrogens is 1. The predicted molar refractivity (Wildman–Crippen MR) is 138 cm³/mol. The van der Waals surface area contributed by atoms with E-state index in [0.29, 0.717) is 62.5 Å². The van der Waals surface area contributed by atoms with Crippen molar-refractivity contribution >= 4 is 54.4 Å². The third-order valence-corrected chi connectivity index (χ3v) is 10.5. The summed E-state index contributed by atoms with van der Waals surface area (Å²) in [6, 6.07) is 11.9. The number of sulfonamides is 1. The Morgan fingerprint density at radius 1 is 1.03 bits per heavy atom. The van der Waals surface area contributed by atoms with Crippen LogP contribution in [0.5, 0.6) is 0 Å². The number of fused-ring (bicyclic) bond motifs is 1. The summed E-state index contributed by atoms with van der Waals surface area (Å²) in [5.41, 5.74) is 0.396. The van der Waals surface area contributed by atoms with Crippen LogP contribution in [0.4, 0.5) is 9.52 Å². The molecule has 0 saturated carbocycles. The lowest BCUT2D eigenvalue weighted by Gasteiger charge is -2.38. The largest absolute Gasteiger partial charge is 0.345 e. The van der Waals surface area contributed by atoms with E-state index >= 15 is 0 Å². The fourth-order valence-electron chi connectivity index (χ4n) is 4.65. The van der Waals surface area contributed by atoms with Crippen LogP contribution in [-0.4, -0.2) is 74.0 Å². The second kappa shape index (κ2) is 10.0. The summed E-state index contributed by atoms with van der Waals surface area (Å²) in [7, 11) is -3.55. The molecule has 3 heterocycles. The van der Waals surface area contributed by atoms with E-state index in [-0.39, 0.29) is 17.6 Å². The predicted octanol–water partition coefficient (Wildman–Crippen LogP) is 3.91. The zero-order valence-electron chi connectivity index (χ0n) is 19.4. The standard InChI is InChI=1S/C24H27FN4O3S3/c1-33-18-5-7-19(8-6-18)35(31,32)29-11-9-17(10-12-29)23(30)27-13-15-28(16-14-27)24-26-22-20(25)3-2-4-21(22)34-24/h2-8,17H,9-16H2,1H3. The number of hydrogen-bond acceptors (Lipinski definition) is 7. The van der Waals surface area contributed by atoms with Gasteiger partial charge in [0.15, 0.2) is 5.13 Å². The lowest BCUT2D eigenvalue weighted by atomic mass is 9.96. The number of para-hydroxylation sites is 1. The van der Waals surface area contributed by atoms with Gasteiger partial charge in [0.1, 0.15) is 11.3 Å². The molecular weight excluding hydrogens is 507 g/mol. The van der Waals surface area contributed by atoms with Gasteiger partial charge in [0.25, 0.3) is 0 Å². The highest BCUT2D eigenvalue weighted by Gasteiger charge is 2.35. The second-order valence-corrected chi connectivity index (χ2v) is 12.6. The van der Waals surface area contributed by atoms with Gasteiger partial charge >= 0.3 is 0 Å². The molecule has 2 aliphatic rings. The average Bonchev–Trinajstić information content (AvgIpc) is 3.34. The van der Waals surface area contributed by atoms with Gasteiger partial charge in [-0.25, -0.2) is 17.8 Å². The van der Waals surface area contributed by atoms with Gasteiger partial charge in [-0.2, -0.15) is 4.31 Å². The first-order valence-electron chi connectivity index (χ1n) is 11.6. The molecule has 0 bridgehead atoms. The number of piperazine rings is 1. The fourth-order valence-corrected chi connectivity index (χ4v) is 7.56. The first kappa shape index (κ1) is 24.5. The van der Waals surface area contributed by atoms with E-state index < -0.39 is 10.0 Å². The number of hydrogen-bond donors (Lipinski definition) is 0. The number of carbonyl (C=O) groups excluding carboxylic acids is 1. The molecule has 0 unspecified atom stereocenters. The average molecular weight is 535 g/mol. The number of halogens is 1. The molecule has 5 rings (SSSR count). The molecule has 0 atom stereocenters. The molecule has 7 nitrogen and oxygen atoms in total. The molecule has 186 valence electrons. The number of rotatable bonds is 5. The van der Waals surface area contributed by atoms with Crippen LogP contribution >= 0.6 is 23.1 Å². The fraction of sp³-hybridized carbons (Fsp3) is 0.417. The normalized spacial score (nSPS) is 18.3. The van der Waals surface area contributed by atoms with Crippen LogP contribution in [0.3, 0.4) is 0 Å². The summed E-state index contributed by atoms with van der Waals surface area (Å²) in [6.45, 7) is 3.15. The van der Waals surface area contributed by atoms with E-state index in [0.717, 1.165) is 14.7 Å². The number of thiazole rings is 1. The first-order chi connectivity index (χ1) is 16.9. The molecule has 3 aromatic rings. The Morgan fingerprint density at radius 3 is 2.34 bits per heavy atom. The highest BCUT2D eigenvalue weighted by atomic mass is 32.2. The number of anilines is 1. The Bertz CT molecular complexity index is 1310. The number of nitrogens with zero attached hydrogens (tertiary/aromatic N) is 4. The summed E-state index contributed by atoms with van der Waals surface area (Å²) in [6.07, 6.45) is 3.00. The number of carbonyl (C=O) groups is 1. The molecule has 0 N–H and O–H groups in total. The van der Waals surface area contributed by atoms with E-state index in [1.54, 1.807) is 30.0 Å². The van der Waals surface area contributed by atoms with Crippen LogP contribution in [0.25, 0.3) is 10.2 Å². The first-order valence-corrected chi connectivity index (χ1v) is 15.1. The van der Waals surface area contributed by atoms with Crippen LogP contribution in [0, 0.1) is 11.7 Å². The minimum atomic E-state index is -3.55. The highest BCUT2D eigenvalue weighted by molar-refractivity contribution is 7.98. The minimum Gasteiger partial charge on any atom is -0.345 e. The Morgan fingerprint density at radius 2 is 1.71 bits per heavy atom. The molecule has 2 saturated heterocycles. The van der Waals surface area contributed by atoms with E-state index in [2.05, 4.69) is 9.88 Å². The van der Waals surface area contributed by atoms with Crippen molar-refractivity contribution < 1.29 is 17.6 Å². The van der Waals surface area contributed by atoms with Crippen LogP contribution in [0.2, 0.25) is 0 Å². The molecule has 35 heavy (non-hydrogen) atoms. The second-order valence-electron chi connectivity index (χ2n) is 8.75. The topological polar surface area (TPSA) is 73.8 Å². The number of thioether (sulfide) groups is 1. The maximum Gasteiger partial charge on any atom is 0.243 e. The molecule has 1 aromatic heterocycles. The van der Waals surface area contributed by atoms with Crippen LogP contribution in [0.15, 0.2) is 52.3 Å². The van der Waals surface area contributed by atoms with Crippen molar-refractivity contribution in [3.63, 3.8) is 0 Å². The van der Waals surface area contributed by atoms with Crippen LogP contribution in [0.1, 0.15) is 12.8 Å². The molecule has 1 amide bonds. The van der Waals surface area contributed by atoms with Crippen LogP contribution < -0.4 is 4.90 Å². The third kappa shape index (κ3) is 4.91. The Labute approximate surface area is 213 Å². The number of benzene rings is 2. The van der Waals surface area contributed by atoms with Gasteiger partial charge in [-0.15, -0.1) is 11.8 Å². The zero-order valence-corrected chi connectivity index (χ0v) is 21.8. The Balaban J connectivity index is 1.16. The molecule has 0 spiro atoms. The molecular formula is C24H27FN4O3S3. The van der Waals surface area contributed by atoms with Gasteiger partial charge in [-0.3, -0.25) is 4.79 Å². The van der Waals surface area contributed by atoms with Crippen molar-refractivity contribution in [3.05, 3.63) is 48.3 Å². The summed E-state index contributed by atoms with van der Waals surface area (Å²) in [5.74, 6) is -0.381. The number of amides is 1. The minimum absolute atomic E-state index is 0.0985. The Hall–Kier alpha value is -2.21. The van der Waals surface area contributed by atoms with Crippen molar-refractivity contribution in [1.82, 2.24) is 14.2 Å². The summed E-state index contributed by atoms with van der Waals surface area (Å²) in [4.78, 5) is 22.9. The smallest absolute Gasteiger partial charge is 0.243 e. The maximum atomic E-state index is 14.0. The molecule has 0 radical (unpaired) electrons. The van der Waals surface area contributed by atoms with Crippen molar-refractivity contribution in [2.24, 2.45) is 5.92 Å². The molecule has 2 aliphatic heterocycles. The van der Waals surface area contributed by atoms with Gasteiger partial charge in [0, 0.05) is 50.1 Å². The Kier molecular flexibility index (Phi) is 7.02. The summed E-state index contributed by atoms with van der Waals surface area (Å²) < 4.78 is 42.3. The van der Waals surface area contributed by atoms with E-state index in [1.165, 1.54) is 21.7 Å². The van der Waals surface area contributed by atoms with Gasteiger partial charge in [-0.05, 0) is 55.5 Å². The van der Waals surface area contributed by atoms with E-state index in [4.69, 9.17) is 0 Å². The quantitative estimate of drug-likeness (QED) is 0.462. The van der Waals surface area contributed by atoms with Crippen molar-refractivity contribution in [2.45, 2.75) is 22.6 Å². The van der Waals surface area contributed by atoms with E-state index in [1.807, 2.05) is 29.4 Å². The molecule has 2 fully saturated rings. The SMILES string of the molecule is CSc1ccc(S(=O)(=O)N2CCC(C(=O)N3CCN(c4nc5c(F)cccc5s4)CC3)CC2)cc1. The zero-order chi connectivity index (χ0) is 24.6. The molecule has 2 aromatic carbocycles. The molecule has 0 aliphatic carbocycles. The van der Waals surface area contributed by atoms with Crippen molar-refractivity contribution in [1.29, 1.82) is 0 Å². The molecule has 11 heteroatoms. The summed E-state index contributed by atoms with van der Waals surface area (Å²) >= 11 is 3.04. The lowest BCUT2D eigenvalue weighted by molar-refractivity contribution is -0.137. The van der Waals surface area contributed by atoms with Gasteiger partial charge in [-0.1, -0.05) is 17.4 Å². The summed E-state index contributed by atoms with van der Waals surface area (Å²) in [5, 5.41) is 0.779. The third-order valence-electron chi connectivity index (χ3n) is 6.72. The monoisotopic (exact) mass is 534 g/mol. The maximum absolute atomic E-state index is 14.0. The van der Waals surface area contributed by atoms with Crippen molar-refractivity contribution in [2.75, 3.05) is 50.4 Å². The van der Waals surface area contributed by atoms with Crippen molar-refractivity contribution in [3.8, 4) is 0 Å². The van der Waals surface area contributed by atoms with Gasteiger partial charge in [0.05, 0.1) is 9.60 Å². The lowest BCUT2D eigenvalue weighted by Crippen LogP contribution is -2.52. The van der Waals surface area contributed by atoms with Gasteiger partial charge < -0.3 is 9.80 Å². The highest BCUT2D eigenvalue weighted by Crippen LogP contribution is 2.31. The van der Waals surface area contributed by atoms with Gasteiger partial charge in [0.2, 0.25) is 15.9 Å².